The third-order valence-electron chi connectivity index (χ3n) is 5.15. The number of methoxy groups -OCH3 is 2. The van der Waals surface area contributed by atoms with Crippen LogP contribution >= 0.6 is 23.2 Å². The van der Waals surface area contributed by atoms with Gasteiger partial charge in [0.1, 0.15) is 11.5 Å². The number of carbonyl (C=O) groups is 1. The molecule has 9 nitrogen and oxygen atoms in total. The molecule has 2 heterocycles. The van der Waals surface area contributed by atoms with Crippen molar-refractivity contribution in [2.75, 3.05) is 32.8 Å². The Kier molecular flexibility index (Phi) is 6.40. The van der Waals surface area contributed by atoms with Gasteiger partial charge in [0.05, 0.1) is 55.1 Å². The minimum Gasteiger partial charge on any atom is -0.495 e. The molecule has 2 aromatic carbocycles. The molecular formula is C21H20Cl2N4O5. The van der Waals surface area contributed by atoms with Crippen LogP contribution in [0.1, 0.15) is 0 Å². The number of fused-ring (bicyclic) bond motifs is 1. The third-order valence-corrected chi connectivity index (χ3v) is 5.90. The molecule has 3 aromatic rings. The van der Waals surface area contributed by atoms with E-state index in [2.05, 4.69) is 20.6 Å². The Hall–Kier alpha value is -3.01. The molecule has 1 aliphatic heterocycles. The Balaban J connectivity index is 1.65. The Morgan fingerprint density at radius 3 is 2.47 bits per heavy atom. The minimum atomic E-state index is -1.11. The largest absolute Gasteiger partial charge is 0.495 e. The maximum atomic E-state index is 10.9. The second-order valence-corrected chi connectivity index (χ2v) is 7.85. The van der Waals surface area contributed by atoms with Gasteiger partial charge in [-0.3, -0.25) is 0 Å². The molecule has 0 aliphatic carbocycles. The van der Waals surface area contributed by atoms with Gasteiger partial charge in [-0.1, -0.05) is 29.3 Å². The first-order chi connectivity index (χ1) is 15.4. The highest BCUT2D eigenvalue weighted by Gasteiger charge is 2.30. The van der Waals surface area contributed by atoms with Crippen LogP contribution in [0.3, 0.4) is 0 Å². The van der Waals surface area contributed by atoms with Crippen molar-refractivity contribution in [3.63, 3.8) is 0 Å². The molecule has 0 bridgehead atoms. The molecular weight excluding hydrogens is 459 g/mol. The molecule has 168 valence electrons. The molecule has 0 spiro atoms. The van der Waals surface area contributed by atoms with E-state index in [4.69, 9.17) is 42.5 Å². The summed E-state index contributed by atoms with van der Waals surface area (Å²) in [5.74, 6) is 1.27. The highest BCUT2D eigenvalue weighted by atomic mass is 35.5. The lowest BCUT2D eigenvalue weighted by atomic mass is 10.0. The van der Waals surface area contributed by atoms with Gasteiger partial charge >= 0.3 is 6.09 Å². The second kappa shape index (κ2) is 9.23. The summed E-state index contributed by atoms with van der Waals surface area (Å²) in [4.78, 5) is 19.8. The van der Waals surface area contributed by atoms with Crippen LogP contribution < -0.4 is 20.1 Å². The van der Waals surface area contributed by atoms with E-state index >= 15 is 0 Å². The number of anilines is 1. The number of benzene rings is 2. The van der Waals surface area contributed by atoms with E-state index < -0.39 is 6.09 Å². The molecule has 32 heavy (non-hydrogen) atoms. The van der Waals surface area contributed by atoms with Crippen LogP contribution in [0.15, 0.2) is 30.5 Å². The summed E-state index contributed by atoms with van der Waals surface area (Å²) >= 11 is 13.1. The van der Waals surface area contributed by atoms with Crippen molar-refractivity contribution >= 4 is 46.1 Å². The standard InChI is InChI=1S/C21H20Cl2N4O5/c1-30-15-6-16(31-2)19(23)17(18(15)22)10-3-4-12-11(5-10)7-24-20(25-12)26-13-8-32-9-14(13)27-21(28)29/h3-7,13-14,27H,8-9H2,1-2H3,(H,28,29)(H,24,25,26)/t13-,14+/m1/s1. The first-order valence-electron chi connectivity index (χ1n) is 9.62. The van der Waals surface area contributed by atoms with Crippen LogP contribution in [0.4, 0.5) is 10.7 Å². The van der Waals surface area contributed by atoms with E-state index in [-0.39, 0.29) is 18.7 Å². The quantitative estimate of drug-likeness (QED) is 0.485. The average Bonchev–Trinajstić information content (AvgIpc) is 3.19. The molecule has 0 unspecified atom stereocenters. The van der Waals surface area contributed by atoms with Gasteiger partial charge in [-0.2, -0.15) is 0 Å². The second-order valence-electron chi connectivity index (χ2n) is 7.10. The monoisotopic (exact) mass is 478 g/mol. The molecule has 1 aromatic heterocycles. The summed E-state index contributed by atoms with van der Waals surface area (Å²) in [5.41, 5.74) is 2.03. The predicted octanol–water partition coefficient (Wildman–Crippen LogP) is 4.07. The van der Waals surface area contributed by atoms with Gasteiger partial charge in [-0.05, 0) is 17.7 Å². The summed E-state index contributed by atoms with van der Waals surface area (Å²) in [6, 6.07) is 6.52. The van der Waals surface area contributed by atoms with Gasteiger partial charge in [0.15, 0.2) is 0 Å². The van der Waals surface area contributed by atoms with Crippen LogP contribution in [0.2, 0.25) is 10.0 Å². The Morgan fingerprint density at radius 2 is 1.81 bits per heavy atom. The Labute approximate surface area is 193 Å². The first kappa shape index (κ1) is 22.2. The molecule has 0 saturated carbocycles. The fraction of sp³-hybridized carbons (Fsp3) is 0.286. The number of halogens is 2. The number of carboxylic acid groups (broad SMARTS) is 1. The number of hydrogen-bond acceptors (Lipinski definition) is 7. The van der Waals surface area contributed by atoms with Crippen LogP contribution in [-0.4, -0.2) is 60.7 Å². The summed E-state index contributed by atoms with van der Waals surface area (Å²) in [7, 11) is 3.04. The van der Waals surface area contributed by atoms with Crippen molar-refractivity contribution in [3.8, 4) is 22.6 Å². The molecule has 2 atom stereocenters. The average molecular weight is 479 g/mol. The first-order valence-corrected chi connectivity index (χ1v) is 10.4. The summed E-state index contributed by atoms with van der Waals surface area (Å²) in [6.45, 7) is 0.631. The van der Waals surface area contributed by atoms with Gasteiger partial charge in [0, 0.05) is 23.2 Å². The smallest absolute Gasteiger partial charge is 0.405 e. The topological polar surface area (TPSA) is 115 Å². The highest BCUT2D eigenvalue weighted by Crippen LogP contribution is 2.46. The van der Waals surface area contributed by atoms with Crippen molar-refractivity contribution in [2.24, 2.45) is 0 Å². The molecule has 1 amide bonds. The zero-order valence-electron chi connectivity index (χ0n) is 17.2. The lowest BCUT2D eigenvalue weighted by Gasteiger charge is -2.19. The lowest BCUT2D eigenvalue weighted by Crippen LogP contribution is -2.45. The SMILES string of the molecule is COc1cc(OC)c(Cl)c(-c2ccc3nc(N[C@@H]4COC[C@@H]4NC(=O)O)ncc3c2)c1Cl. The van der Waals surface area contributed by atoms with Crippen molar-refractivity contribution in [3.05, 3.63) is 40.5 Å². The summed E-state index contributed by atoms with van der Waals surface area (Å²) < 4.78 is 16.1. The molecule has 1 fully saturated rings. The van der Waals surface area contributed by atoms with Gasteiger partial charge in [0.25, 0.3) is 0 Å². The number of nitrogens with zero attached hydrogens (tertiary/aromatic N) is 2. The highest BCUT2D eigenvalue weighted by molar-refractivity contribution is 6.41. The van der Waals surface area contributed by atoms with Gasteiger partial charge in [0.2, 0.25) is 5.95 Å². The van der Waals surface area contributed by atoms with E-state index in [9.17, 15) is 4.79 Å². The van der Waals surface area contributed by atoms with Crippen LogP contribution in [0, 0.1) is 0 Å². The Bertz CT molecular complexity index is 1150. The van der Waals surface area contributed by atoms with Crippen molar-refractivity contribution in [2.45, 2.75) is 12.1 Å². The van der Waals surface area contributed by atoms with E-state index in [0.29, 0.717) is 45.2 Å². The van der Waals surface area contributed by atoms with E-state index in [1.54, 1.807) is 12.3 Å². The van der Waals surface area contributed by atoms with Crippen molar-refractivity contribution in [1.82, 2.24) is 15.3 Å². The predicted molar refractivity (Wildman–Crippen MR) is 121 cm³/mol. The molecule has 11 heteroatoms. The molecule has 0 radical (unpaired) electrons. The number of amides is 1. The molecule has 3 N–H and O–H groups in total. The zero-order valence-corrected chi connectivity index (χ0v) is 18.7. The van der Waals surface area contributed by atoms with E-state index in [1.165, 1.54) is 14.2 Å². The molecule has 4 rings (SSSR count). The number of rotatable bonds is 6. The van der Waals surface area contributed by atoms with Gasteiger partial charge in [-0.25, -0.2) is 14.8 Å². The van der Waals surface area contributed by atoms with Crippen LogP contribution in [0.25, 0.3) is 22.0 Å². The molecule has 1 saturated heterocycles. The summed E-state index contributed by atoms with van der Waals surface area (Å²) in [6.07, 6.45) is 0.564. The number of nitrogens with one attached hydrogen (secondary N) is 2. The number of ether oxygens (including phenoxy) is 3. The van der Waals surface area contributed by atoms with Crippen molar-refractivity contribution in [1.29, 1.82) is 0 Å². The summed E-state index contributed by atoms with van der Waals surface area (Å²) in [5, 5.41) is 16.0. The maximum absolute atomic E-state index is 10.9. The molecule has 1 aliphatic rings. The van der Waals surface area contributed by atoms with Gasteiger partial charge in [-0.15, -0.1) is 0 Å². The third kappa shape index (κ3) is 4.32. The normalized spacial score (nSPS) is 17.9. The van der Waals surface area contributed by atoms with Crippen molar-refractivity contribution < 1.29 is 24.1 Å². The van der Waals surface area contributed by atoms with Crippen LogP contribution in [0.5, 0.6) is 11.5 Å². The minimum absolute atomic E-state index is 0.273. The van der Waals surface area contributed by atoms with Gasteiger partial charge < -0.3 is 30.0 Å². The van der Waals surface area contributed by atoms with E-state index in [1.807, 2.05) is 18.2 Å². The van der Waals surface area contributed by atoms with E-state index in [0.717, 1.165) is 10.9 Å². The maximum Gasteiger partial charge on any atom is 0.405 e. The lowest BCUT2D eigenvalue weighted by molar-refractivity contribution is 0.175. The Morgan fingerprint density at radius 1 is 1.12 bits per heavy atom. The number of hydrogen-bond donors (Lipinski definition) is 3. The zero-order chi connectivity index (χ0) is 22.8. The fourth-order valence-electron chi connectivity index (χ4n) is 3.56. The number of aromatic nitrogens is 2. The fourth-order valence-corrected chi connectivity index (χ4v) is 4.28. The van der Waals surface area contributed by atoms with Crippen LogP contribution in [-0.2, 0) is 4.74 Å².